The second-order valence-electron chi connectivity index (χ2n) is 6.00. The maximum atomic E-state index is 12.0. The minimum absolute atomic E-state index is 0.101. The number of carbonyl (C=O) groups is 1. The van der Waals surface area contributed by atoms with E-state index >= 15 is 0 Å². The number of nitrogens with one attached hydrogen (secondary N) is 1. The summed E-state index contributed by atoms with van der Waals surface area (Å²) in [6.45, 7) is 4.88. The Kier molecular flexibility index (Phi) is 5.28. The number of amides is 1. The molecule has 122 valence electrons. The molecular weight excluding hydrogens is 306 g/mol. The van der Waals surface area contributed by atoms with Crippen LogP contribution in [0.5, 0.6) is 0 Å². The third-order valence-electron chi connectivity index (χ3n) is 4.30. The molecule has 0 unspecified atom stereocenters. The van der Waals surface area contributed by atoms with Crippen molar-refractivity contribution in [2.24, 2.45) is 0 Å². The van der Waals surface area contributed by atoms with E-state index in [1.165, 1.54) is 23.4 Å². The van der Waals surface area contributed by atoms with Gasteiger partial charge in [-0.3, -0.25) is 4.79 Å². The largest absolute Gasteiger partial charge is 0.372 e. The standard InChI is InChI=1S/C18H23N3OS/c1-14-17(23-13-20-14)7-8-18(22)19-12-15-5-4-6-16(11-15)21-9-2-3-10-21/h4-6,11,13H,2-3,7-10,12H2,1H3,(H,19,22). The maximum Gasteiger partial charge on any atom is 0.220 e. The van der Waals surface area contributed by atoms with Crippen molar-refractivity contribution in [3.8, 4) is 0 Å². The van der Waals surface area contributed by atoms with E-state index in [4.69, 9.17) is 0 Å². The van der Waals surface area contributed by atoms with Crippen LogP contribution in [0.15, 0.2) is 29.8 Å². The van der Waals surface area contributed by atoms with Crippen LogP contribution >= 0.6 is 11.3 Å². The van der Waals surface area contributed by atoms with Crippen molar-refractivity contribution < 1.29 is 4.79 Å². The van der Waals surface area contributed by atoms with Gasteiger partial charge in [0.05, 0.1) is 11.2 Å². The Morgan fingerprint density at radius 3 is 2.91 bits per heavy atom. The monoisotopic (exact) mass is 329 g/mol. The van der Waals surface area contributed by atoms with Crippen LogP contribution in [0.1, 0.15) is 35.4 Å². The lowest BCUT2D eigenvalue weighted by molar-refractivity contribution is -0.121. The molecule has 1 fully saturated rings. The van der Waals surface area contributed by atoms with Gasteiger partial charge in [-0.25, -0.2) is 4.98 Å². The fourth-order valence-electron chi connectivity index (χ4n) is 2.92. The van der Waals surface area contributed by atoms with E-state index in [2.05, 4.69) is 39.5 Å². The van der Waals surface area contributed by atoms with Gasteiger partial charge in [-0.15, -0.1) is 11.3 Å². The second kappa shape index (κ2) is 7.59. The summed E-state index contributed by atoms with van der Waals surface area (Å²) in [5, 5.41) is 3.03. The van der Waals surface area contributed by atoms with Crippen molar-refractivity contribution in [2.75, 3.05) is 18.0 Å². The van der Waals surface area contributed by atoms with Crippen molar-refractivity contribution in [1.29, 1.82) is 0 Å². The summed E-state index contributed by atoms with van der Waals surface area (Å²) in [6, 6.07) is 8.51. The first-order valence-electron chi connectivity index (χ1n) is 8.22. The normalized spacial score (nSPS) is 14.2. The zero-order chi connectivity index (χ0) is 16.1. The molecule has 2 heterocycles. The van der Waals surface area contributed by atoms with Crippen LogP contribution in [0.2, 0.25) is 0 Å². The van der Waals surface area contributed by atoms with E-state index < -0.39 is 0 Å². The number of nitrogens with zero attached hydrogens (tertiary/aromatic N) is 2. The average molecular weight is 329 g/mol. The first kappa shape index (κ1) is 16.0. The molecular formula is C18H23N3OS. The topological polar surface area (TPSA) is 45.2 Å². The molecule has 1 aromatic heterocycles. The lowest BCUT2D eigenvalue weighted by Crippen LogP contribution is -2.23. The van der Waals surface area contributed by atoms with Crippen molar-refractivity contribution in [3.63, 3.8) is 0 Å². The van der Waals surface area contributed by atoms with Crippen molar-refractivity contribution >= 4 is 22.9 Å². The van der Waals surface area contributed by atoms with Crippen molar-refractivity contribution in [1.82, 2.24) is 10.3 Å². The van der Waals surface area contributed by atoms with Crippen LogP contribution in [0.3, 0.4) is 0 Å². The van der Waals surface area contributed by atoms with Gasteiger partial charge >= 0.3 is 0 Å². The van der Waals surface area contributed by atoms with Gasteiger partial charge in [0.1, 0.15) is 0 Å². The molecule has 3 rings (SSSR count). The Balaban J connectivity index is 1.48. The molecule has 2 aromatic rings. The Hall–Kier alpha value is -1.88. The van der Waals surface area contributed by atoms with Gasteiger partial charge in [0.25, 0.3) is 0 Å². The predicted molar refractivity (Wildman–Crippen MR) is 94.9 cm³/mol. The van der Waals surface area contributed by atoms with E-state index in [9.17, 15) is 4.79 Å². The molecule has 1 aliphatic rings. The summed E-state index contributed by atoms with van der Waals surface area (Å²) in [5.74, 6) is 0.101. The predicted octanol–water partition coefficient (Wildman–Crippen LogP) is 3.30. The lowest BCUT2D eigenvalue weighted by atomic mass is 10.1. The molecule has 1 aromatic carbocycles. The van der Waals surface area contributed by atoms with Crippen LogP contribution in [0, 0.1) is 6.92 Å². The molecule has 0 saturated carbocycles. The van der Waals surface area contributed by atoms with Gasteiger partial charge in [0.2, 0.25) is 5.91 Å². The molecule has 1 saturated heterocycles. The summed E-state index contributed by atoms with van der Waals surface area (Å²) in [4.78, 5) is 19.9. The summed E-state index contributed by atoms with van der Waals surface area (Å²) in [7, 11) is 0. The Morgan fingerprint density at radius 1 is 1.35 bits per heavy atom. The number of aryl methyl sites for hydroxylation is 2. The van der Waals surface area contributed by atoms with E-state index in [1.54, 1.807) is 11.3 Å². The van der Waals surface area contributed by atoms with Gasteiger partial charge in [0, 0.05) is 36.6 Å². The molecule has 1 N–H and O–H groups in total. The lowest BCUT2D eigenvalue weighted by Gasteiger charge is -2.18. The number of hydrogen-bond donors (Lipinski definition) is 1. The number of aromatic nitrogens is 1. The Bertz CT molecular complexity index is 662. The highest BCUT2D eigenvalue weighted by molar-refractivity contribution is 7.09. The van der Waals surface area contributed by atoms with Crippen LogP contribution in [-0.2, 0) is 17.8 Å². The molecule has 0 spiro atoms. The zero-order valence-electron chi connectivity index (χ0n) is 13.5. The molecule has 4 nitrogen and oxygen atoms in total. The highest BCUT2D eigenvalue weighted by Crippen LogP contribution is 2.21. The maximum absolute atomic E-state index is 12.0. The number of hydrogen-bond acceptors (Lipinski definition) is 4. The molecule has 1 amide bonds. The first-order chi connectivity index (χ1) is 11.2. The number of thiazole rings is 1. The molecule has 0 radical (unpaired) electrons. The molecule has 23 heavy (non-hydrogen) atoms. The zero-order valence-corrected chi connectivity index (χ0v) is 14.4. The van der Waals surface area contributed by atoms with Crippen molar-refractivity contribution in [2.45, 2.75) is 39.2 Å². The molecule has 0 bridgehead atoms. The van der Waals surface area contributed by atoms with Gasteiger partial charge in [0.15, 0.2) is 0 Å². The Labute approximate surface area is 141 Å². The second-order valence-corrected chi connectivity index (χ2v) is 6.94. The molecule has 1 aliphatic heterocycles. The Morgan fingerprint density at radius 2 is 2.17 bits per heavy atom. The van der Waals surface area contributed by atoms with Crippen LogP contribution in [0.4, 0.5) is 5.69 Å². The average Bonchev–Trinajstić information content (AvgIpc) is 3.23. The number of rotatable bonds is 6. The van der Waals surface area contributed by atoms with Crippen LogP contribution < -0.4 is 10.2 Å². The third-order valence-corrected chi connectivity index (χ3v) is 5.29. The van der Waals surface area contributed by atoms with E-state index in [-0.39, 0.29) is 5.91 Å². The first-order valence-corrected chi connectivity index (χ1v) is 9.10. The third kappa shape index (κ3) is 4.32. The summed E-state index contributed by atoms with van der Waals surface area (Å²) >= 11 is 1.63. The summed E-state index contributed by atoms with van der Waals surface area (Å²) in [6.07, 6.45) is 3.85. The fraction of sp³-hybridized carbons (Fsp3) is 0.444. The minimum atomic E-state index is 0.101. The quantitative estimate of drug-likeness (QED) is 0.884. The smallest absolute Gasteiger partial charge is 0.220 e. The highest BCUT2D eigenvalue weighted by Gasteiger charge is 2.12. The highest BCUT2D eigenvalue weighted by atomic mass is 32.1. The van der Waals surface area contributed by atoms with E-state index in [0.29, 0.717) is 13.0 Å². The summed E-state index contributed by atoms with van der Waals surface area (Å²) in [5.41, 5.74) is 5.32. The van der Waals surface area contributed by atoms with Crippen LogP contribution in [0.25, 0.3) is 0 Å². The van der Waals surface area contributed by atoms with Gasteiger partial charge in [-0.2, -0.15) is 0 Å². The minimum Gasteiger partial charge on any atom is -0.372 e. The van der Waals surface area contributed by atoms with Crippen molar-refractivity contribution in [3.05, 3.63) is 45.9 Å². The van der Waals surface area contributed by atoms with Gasteiger partial charge in [-0.1, -0.05) is 12.1 Å². The summed E-state index contributed by atoms with van der Waals surface area (Å²) < 4.78 is 0. The van der Waals surface area contributed by atoms with E-state index in [0.717, 1.165) is 30.8 Å². The number of benzene rings is 1. The number of anilines is 1. The molecule has 5 heteroatoms. The van der Waals surface area contributed by atoms with E-state index in [1.807, 2.05) is 12.4 Å². The van der Waals surface area contributed by atoms with Gasteiger partial charge < -0.3 is 10.2 Å². The number of carbonyl (C=O) groups excluding carboxylic acids is 1. The molecule has 0 aliphatic carbocycles. The molecule has 0 atom stereocenters. The van der Waals surface area contributed by atoms with Crippen LogP contribution in [-0.4, -0.2) is 24.0 Å². The fourth-order valence-corrected chi connectivity index (χ4v) is 3.70. The van der Waals surface area contributed by atoms with Gasteiger partial charge in [-0.05, 0) is 43.9 Å². The SMILES string of the molecule is Cc1ncsc1CCC(=O)NCc1cccc(N2CCCC2)c1.